The first-order valence-electron chi connectivity index (χ1n) is 7.15. The van der Waals surface area contributed by atoms with Gasteiger partial charge in [0, 0.05) is 27.7 Å². The Morgan fingerprint density at radius 1 is 1.31 bits per heavy atom. The van der Waals surface area contributed by atoms with E-state index in [0.717, 1.165) is 10.5 Å². The summed E-state index contributed by atoms with van der Waals surface area (Å²) in [7, 11) is 0. The summed E-state index contributed by atoms with van der Waals surface area (Å²) in [6.07, 6.45) is 1.32. The zero-order chi connectivity index (χ0) is 19.1. The summed E-state index contributed by atoms with van der Waals surface area (Å²) in [5.74, 6) is -0.894. The molecular weight excluding hydrogens is 408 g/mol. The molecule has 26 heavy (non-hydrogen) atoms. The lowest BCUT2D eigenvalue weighted by Gasteiger charge is -2.07. The molecule has 0 aliphatic heterocycles. The zero-order valence-electron chi connectivity index (χ0n) is 13.2. The maximum atomic E-state index is 12.0. The van der Waals surface area contributed by atoms with Gasteiger partial charge in [0.15, 0.2) is 6.61 Å². The van der Waals surface area contributed by atoms with E-state index in [9.17, 15) is 19.7 Å². The van der Waals surface area contributed by atoms with Crippen LogP contribution in [0.5, 0.6) is 5.75 Å². The summed E-state index contributed by atoms with van der Waals surface area (Å²) in [6, 6.07) is 10.2. The molecule has 0 radical (unpaired) electrons. The summed E-state index contributed by atoms with van der Waals surface area (Å²) in [4.78, 5) is 33.0. The van der Waals surface area contributed by atoms with E-state index < -0.39 is 16.7 Å². The fraction of sp³-hybridized carbons (Fsp3) is 0.0625. The van der Waals surface area contributed by atoms with E-state index >= 15 is 0 Å². The predicted octanol–water partition coefficient (Wildman–Crippen LogP) is 1.99. The number of nitrogens with zero attached hydrogens (tertiary/aromatic N) is 2. The number of nitrogens with one attached hydrogen (secondary N) is 1. The van der Waals surface area contributed by atoms with Gasteiger partial charge in [0.1, 0.15) is 5.75 Å². The van der Waals surface area contributed by atoms with Gasteiger partial charge in [-0.05, 0) is 24.3 Å². The minimum atomic E-state index is -0.630. The first-order valence-corrected chi connectivity index (χ1v) is 7.94. The number of carbonyl (C=O) groups is 2. The Morgan fingerprint density at radius 3 is 2.77 bits per heavy atom. The summed E-state index contributed by atoms with van der Waals surface area (Å²) >= 11 is 3.30. The normalized spacial score (nSPS) is 10.5. The van der Waals surface area contributed by atoms with Gasteiger partial charge in [0.05, 0.1) is 11.1 Å². The van der Waals surface area contributed by atoms with Crippen molar-refractivity contribution in [3.05, 3.63) is 68.2 Å². The van der Waals surface area contributed by atoms with Gasteiger partial charge in [-0.2, -0.15) is 5.10 Å². The van der Waals surface area contributed by atoms with Crippen LogP contribution in [0.4, 0.5) is 5.69 Å². The van der Waals surface area contributed by atoms with Crippen LogP contribution < -0.4 is 15.9 Å². The molecule has 10 heteroatoms. The molecule has 0 atom stereocenters. The fourth-order valence-corrected chi connectivity index (χ4v) is 2.27. The van der Waals surface area contributed by atoms with E-state index in [4.69, 9.17) is 10.5 Å². The smallest absolute Gasteiger partial charge is 0.271 e. The minimum absolute atomic E-state index is 0.0933. The molecular formula is C16H13BrN4O5. The average molecular weight is 421 g/mol. The number of rotatable bonds is 7. The number of carbonyl (C=O) groups excluding carboxylic acids is 2. The average Bonchev–Trinajstić information content (AvgIpc) is 2.60. The molecule has 0 saturated heterocycles. The third-order valence-electron chi connectivity index (χ3n) is 3.03. The number of ether oxygens (including phenoxy) is 1. The number of primary amides is 1. The summed E-state index contributed by atoms with van der Waals surface area (Å²) in [5, 5.41) is 14.6. The van der Waals surface area contributed by atoms with Crippen LogP contribution in [-0.4, -0.2) is 29.6 Å². The standard InChI is InChI=1S/C16H13BrN4O5/c17-12-4-5-14(26-9-15(18)22)11(6-12)8-19-20-16(23)10-2-1-3-13(7-10)21(24)25/h1-8H,9H2,(H2,18,22)(H,20,23)/b19-8+. The molecule has 0 spiro atoms. The molecule has 2 aromatic rings. The van der Waals surface area contributed by atoms with Gasteiger partial charge in [-0.3, -0.25) is 19.7 Å². The van der Waals surface area contributed by atoms with Gasteiger partial charge in [0.2, 0.25) is 0 Å². The maximum Gasteiger partial charge on any atom is 0.271 e. The van der Waals surface area contributed by atoms with Gasteiger partial charge >= 0.3 is 0 Å². The van der Waals surface area contributed by atoms with Gasteiger partial charge in [-0.1, -0.05) is 22.0 Å². The van der Waals surface area contributed by atoms with Crippen molar-refractivity contribution in [1.29, 1.82) is 0 Å². The largest absolute Gasteiger partial charge is 0.483 e. The van der Waals surface area contributed by atoms with Crippen LogP contribution in [0.2, 0.25) is 0 Å². The lowest BCUT2D eigenvalue weighted by molar-refractivity contribution is -0.384. The number of benzene rings is 2. The molecule has 0 unspecified atom stereocenters. The number of halogens is 1. The highest BCUT2D eigenvalue weighted by atomic mass is 79.9. The van der Waals surface area contributed by atoms with Gasteiger partial charge in [-0.25, -0.2) is 5.43 Å². The molecule has 0 aliphatic carbocycles. The topological polar surface area (TPSA) is 137 Å². The van der Waals surface area contributed by atoms with Crippen LogP contribution in [-0.2, 0) is 4.79 Å². The van der Waals surface area contributed by atoms with Crippen molar-refractivity contribution in [2.45, 2.75) is 0 Å². The predicted molar refractivity (Wildman–Crippen MR) is 97.0 cm³/mol. The Kier molecular flexibility index (Phi) is 6.39. The Labute approximate surface area is 156 Å². The number of amides is 2. The van der Waals surface area contributed by atoms with Crippen molar-refractivity contribution in [2.75, 3.05) is 6.61 Å². The van der Waals surface area contributed by atoms with Crippen LogP contribution in [0.15, 0.2) is 52.0 Å². The summed E-state index contributed by atoms with van der Waals surface area (Å²) in [5.41, 5.74) is 7.70. The molecule has 2 aromatic carbocycles. The third-order valence-corrected chi connectivity index (χ3v) is 3.52. The van der Waals surface area contributed by atoms with Crippen molar-refractivity contribution in [3.8, 4) is 5.75 Å². The van der Waals surface area contributed by atoms with E-state index in [0.29, 0.717) is 11.3 Å². The van der Waals surface area contributed by atoms with E-state index in [1.54, 1.807) is 18.2 Å². The van der Waals surface area contributed by atoms with Gasteiger partial charge in [-0.15, -0.1) is 0 Å². The highest BCUT2D eigenvalue weighted by molar-refractivity contribution is 9.10. The Balaban J connectivity index is 2.11. The van der Waals surface area contributed by atoms with E-state index in [2.05, 4.69) is 26.5 Å². The van der Waals surface area contributed by atoms with Crippen LogP contribution in [0, 0.1) is 10.1 Å². The van der Waals surface area contributed by atoms with Gasteiger partial charge in [0.25, 0.3) is 17.5 Å². The molecule has 0 aromatic heterocycles. The first-order chi connectivity index (χ1) is 12.4. The highest BCUT2D eigenvalue weighted by Crippen LogP contribution is 2.21. The van der Waals surface area contributed by atoms with Crippen molar-refractivity contribution in [1.82, 2.24) is 5.43 Å². The van der Waals surface area contributed by atoms with Crippen molar-refractivity contribution in [3.63, 3.8) is 0 Å². The molecule has 0 heterocycles. The second-order valence-corrected chi connectivity index (χ2v) is 5.86. The molecule has 0 saturated carbocycles. The number of hydrazone groups is 1. The monoisotopic (exact) mass is 420 g/mol. The number of nitro benzene ring substituents is 1. The molecule has 2 amide bonds. The number of nitrogens with two attached hydrogens (primary N) is 1. The molecule has 2 rings (SSSR count). The maximum absolute atomic E-state index is 12.0. The molecule has 0 fully saturated rings. The first kappa shape index (κ1) is 19.1. The summed E-state index contributed by atoms with van der Waals surface area (Å²) in [6.45, 7) is -0.303. The van der Waals surface area contributed by atoms with Crippen molar-refractivity contribution < 1.29 is 19.2 Å². The zero-order valence-corrected chi connectivity index (χ0v) is 14.8. The molecule has 0 bridgehead atoms. The molecule has 0 aliphatic rings. The lowest BCUT2D eigenvalue weighted by Crippen LogP contribution is -2.20. The van der Waals surface area contributed by atoms with Crippen LogP contribution in [0.25, 0.3) is 0 Å². The molecule has 9 nitrogen and oxygen atoms in total. The highest BCUT2D eigenvalue weighted by Gasteiger charge is 2.11. The molecule has 134 valence electrons. The number of nitro groups is 1. The Bertz CT molecular complexity index is 885. The number of non-ortho nitro benzene ring substituents is 1. The second kappa shape index (κ2) is 8.72. The number of hydrogen-bond acceptors (Lipinski definition) is 6. The van der Waals surface area contributed by atoms with E-state index in [-0.39, 0.29) is 17.9 Å². The van der Waals surface area contributed by atoms with Crippen molar-refractivity contribution >= 4 is 39.6 Å². The third kappa shape index (κ3) is 5.38. The molecule has 3 N–H and O–H groups in total. The fourth-order valence-electron chi connectivity index (χ4n) is 1.89. The number of hydrogen-bond donors (Lipinski definition) is 2. The Morgan fingerprint density at radius 2 is 2.08 bits per heavy atom. The SMILES string of the molecule is NC(=O)COc1ccc(Br)cc1/C=N/NC(=O)c1cccc([N+](=O)[O-])c1. The quantitative estimate of drug-likeness (QED) is 0.400. The van der Waals surface area contributed by atoms with Crippen molar-refractivity contribution in [2.24, 2.45) is 10.8 Å². The van der Waals surface area contributed by atoms with Crippen LogP contribution in [0.1, 0.15) is 15.9 Å². The van der Waals surface area contributed by atoms with Crippen LogP contribution in [0.3, 0.4) is 0 Å². The van der Waals surface area contributed by atoms with Gasteiger partial charge < -0.3 is 10.5 Å². The minimum Gasteiger partial charge on any atom is -0.483 e. The lowest BCUT2D eigenvalue weighted by atomic mass is 10.2. The van der Waals surface area contributed by atoms with Crippen LogP contribution >= 0.6 is 15.9 Å². The summed E-state index contributed by atoms with van der Waals surface area (Å²) < 4.78 is 6.00. The van der Waals surface area contributed by atoms with E-state index in [1.165, 1.54) is 24.4 Å². The second-order valence-electron chi connectivity index (χ2n) is 4.94. The van der Waals surface area contributed by atoms with E-state index in [1.807, 2.05) is 0 Å². The Hall–Kier alpha value is -3.27.